The maximum Gasteiger partial charge on any atom is 0.258 e. The van der Waals surface area contributed by atoms with Crippen LogP contribution in [-0.2, 0) is 0 Å². The summed E-state index contributed by atoms with van der Waals surface area (Å²) in [5, 5.41) is 1.07. The fourth-order valence-corrected chi connectivity index (χ4v) is 1.40. The molecule has 0 spiro atoms. The lowest BCUT2D eigenvalue weighted by Crippen LogP contribution is -1.88. The molecule has 0 N–H and O–H groups in total. The van der Waals surface area contributed by atoms with Gasteiger partial charge in [-0.25, -0.2) is 4.98 Å². The van der Waals surface area contributed by atoms with Crippen molar-refractivity contribution in [2.45, 2.75) is 13.8 Å². The molecule has 0 aliphatic carbocycles. The second-order valence-electron chi connectivity index (χ2n) is 3.05. The molecule has 0 aliphatic heterocycles. The molecule has 2 rings (SSSR count). The normalized spacial score (nSPS) is 10.7. The van der Waals surface area contributed by atoms with E-state index in [0.29, 0.717) is 5.88 Å². The molecule has 0 aliphatic rings. The van der Waals surface area contributed by atoms with Crippen LogP contribution in [0.1, 0.15) is 11.3 Å². The Morgan fingerprint density at radius 2 is 2.15 bits per heavy atom. The quantitative estimate of drug-likeness (QED) is 0.671. The number of hydrogen-bond acceptors (Lipinski definition) is 3. The molecule has 2 aromatic rings. The Kier molecular flexibility index (Phi) is 1.72. The van der Waals surface area contributed by atoms with Crippen LogP contribution < -0.4 is 4.74 Å². The largest absolute Gasteiger partial charge is 0.478 e. The van der Waals surface area contributed by atoms with Crippen LogP contribution in [0, 0.1) is 13.8 Å². The highest BCUT2D eigenvalue weighted by atomic mass is 16.5. The van der Waals surface area contributed by atoms with Crippen LogP contribution in [0.25, 0.3) is 11.0 Å². The second kappa shape index (κ2) is 2.76. The Morgan fingerprint density at radius 3 is 2.85 bits per heavy atom. The van der Waals surface area contributed by atoms with E-state index in [1.807, 2.05) is 19.9 Å². The van der Waals surface area contributed by atoms with Crippen molar-refractivity contribution in [3.8, 4) is 5.88 Å². The van der Waals surface area contributed by atoms with Crippen LogP contribution in [0.15, 0.2) is 16.7 Å². The van der Waals surface area contributed by atoms with Crippen LogP contribution in [0.4, 0.5) is 0 Å². The van der Waals surface area contributed by atoms with Crippen LogP contribution in [0.5, 0.6) is 5.88 Å². The predicted octanol–water partition coefficient (Wildman–Crippen LogP) is 2.45. The first-order chi connectivity index (χ1) is 6.22. The van der Waals surface area contributed by atoms with Gasteiger partial charge in [-0.1, -0.05) is 0 Å². The van der Waals surface area contributed by atoms with E-state index in [4.69, 9.17) is 9.15 Å². The molecule has 0 amide bonds. The smallest absolute Gasteiger partial charge is 0.258 e. The minimum atomic E-state index is 0.550. The third-order valence-electron chi connectivity index (χ3n) is 2.04. The molecule has 2 aromatic heterocycles. The molecule has 0 fully saturated rings. The number of nitrogens with zero attached hydrogens (tertiary/aromatic N) is 1. The van der Waals surface area contributed by atoms with Gasteiger partial charge >= 0.3 is 0 Å². The highest BCUT2D eigenvalue weighted by molar-refractivity contribution is 5.84. The molecule has 68 valence electrons. The lowest BCUT2D eigenvalue weighted by Gasteiger charge is -1.99. The van der Waals surface area contributed by atoms with Crippen molar-refractivity contribution in [2.24, 2.45) is 0 Å². The molecule has 0 atom stereocenters. The molecule has 0 aromatic carbocycles. The number of aromatic nitrogens is 1. The molecule has 13 heavy (non-hydrogen) atoms. The monoisotopic (exact) mass is 177 g/mol. The summed E-state index contributed by atoms with van der Waals surface area (Å²) in [4.78, 5) is 4.12. The van der Waals surface area contributed by atoms with Gasteiger partial charge in [-0.2, -0.15) is 0 Å². The van der Waals surface area contributed by atoms with Gasteiger partial charge in [-0.3, -0.25) is 0 Å². The van der Waals surface area contributed by atoms with E-state index in [0.717, 1.165) is 22.3 Å². The average molecular weight is 177 g/mol. The van der Waals surface area contributed by atoms with Crippen LogP contribution in [-0.4, -0.2) is 12.1 Å². The maximum atomic E-state index is 5.48. The summed E-state index contributed by atoms with van der Waals surface area (Å²) in [5.41, 5.74) is 1.84. The third kappa shape index (κ3) is 1.16. The van der Waals surface area contributed by atoms with E-state index < -0.39 is 0 Å². The van der Waals surface area contributed by atoms with Crippen LogP contribution in [0.3, 0.4) is 0 Å². The van der Waals surface area contributed by atoms with Crippen molar-refractivity contribution in [2.75, 3.05) is 7.11 Å². The zero-order valence-electron chi connectivity index (χ0n) is 7.92. The number of methoxy groups -OCH3 is 1. The van der Waals surface area contributed by atoms with Gasteiger partial charge < -0.3 is 9.15 Å². The van der Waals surface area contributed by atoms with Crippen molar-refractivity contribution in [1.82, 2.24) is 4.98 Å². The van der Waals surface area contributed by atoms with Crippen LogP contribution >= 0.6 is 0 Å². The van der Waals surface area contributed by atoms with E-state index >= 15 is 0 Å². The van der Waals surface area contributed by atoms with E-state index in [1.165, 1.54) is 0 Å². The summed E-state index contributed by atoms with van der Waals surface area (Å²) in [7, 11) is 1.59. The third-order valence-corrected chi connectivity index (χ3v) is 2.04. The molecule has 0 radical (unpaired) electrons. The number of rotatable bonds is 1. The lowest BCUT2D eigenvalue weighted by atomic mass is 10.2. The Balaban J connectivity index is 2.83. The summed E-state index contributed by atoms with van der Waals surface area (Å²) in [6, 6.07) is 1.99. The number of ether oxygens (including phenoxy) is 1. The van der Waals surface area contributed by atoms with Crippen molar-refractivity contribution in [3.05, 3.63) is 23.6 Å². The highest BCUT2D eigenvalue weighted by Gasteiger charge is 2.09. The topological polar surface area (TPSA) is 35.3 Å². The van der Waals surface area contributed by atoms with E-state index in [-0.39, 0.29) is 0 Å². The molecule has 0 saturated heterocycles. The first-order valence-corrected chi connectivity index (χ1v) is 4.12. The number of pyridine rings is 1. The van der Waals surface area contributed by atoms with Gasteiger partial charge in [0.25, 0.3) is 5.88 Å². The number of hydrogen-bond donors (Lipinski definition) is 0. The summed E-state index contributed by atoms with van der Waals surface area (Å²) >= 11 is 0. The molecule has 3 nitrogen and oxygen atoms in total. The SMILES string of the molecule is COc1ncc(C)c2cc(C)oc12. The van der Waals surface area contributed by atoms with Crippen molar-refractivity contribution in [3.63, 3.8) is 0 Å². The Labute approximate surface area is 76.3 Å². The van der Waals surface area contributed by atoms with Gasteiger partial charge in [0.1, 0.15) is 5.76 Å². The molecular formula is C10H11NO2. The molecule has 2 heterocycles. The van der Waals surface area contributed by atoms with Crippen molar-refractivity contribution >= 4 is 11.0 Å². The number of fused-ring (bicyclic) bond motifs is 1. The zero-order chi connectivity index (χ0) is 9.42. The summed E-state index contributed by atoms with van der Waals surface area (Å²) in [5.74, 6) is 1.43. The maximum absolute atomic E-state index is 5.48. The summed E-state index contributed by atoms with van der Waals surface area (Å²) in [6.45, 7) is 3.92. The molecule has 0 saturated carbocycles. The van der Waals surface area contributed by atoms with Gasteiger partial charge in [0.05, 0.1) is 7.11 Å². The predicted molar refractivity (Wildman–Crippen MR) is 50.0 cm³/mol. The second-order valence-corrected chi connectivity index (χ2v) is 3.05. The first kappa shape index (κ1) is 8.10. The minimum absolute atomic E-state index is 0.550. The van der Waals surface area contributed by atoms with Gasteiger partial charge in [0.2, 0.25) is 0 Å². The minimum Gasteiger partial charge on any atom is -0.478 e. The Morgan fingerprint density at radius 1 is 1.38 bits per heavy atom. The Bertz CT molecular complexity index is 445. The van der Waals surface area contributed by atoms with Crippen molar-refractivity contribution in [1.29, 1.82) is 0 Å². The number of furan rings is 1. The van der Waals surface area contributed by atoms with E-state index in [1.54, 1.807) is 13.3 Å². The van der Waals surface area contributed by atoms with Gasteiger partial charge in [-0.15, -0.1) is 0 Å². The van der Waals surface area contributed by atoms with Gasteiger partial charge in [0.15, 0.2) is 5.58 Å². The first-order valence-electron chi connectivity index (χ1n) is 4.12. The van der Waals surface area contributed by atoms with Crippen molar-refractivity contribution < 1.29 is 9.15 Å². The average Bonchev–Trinajstić information content (AvgIpc) is 2.48. The van der Waals surface area contributed by atoms with Gasteiger partial charge in [0, 0.05) is 11.6 Å². The molecular weight excluding hydrogens is 166 g/mol. The summed E-state index contributed by atoms with van der Waals surface area (Å²) < 4.78 is 10.6. The Hall–Kier alpha value is -1.51. The van der Waals surface area contributed by atoms with E-state index in [2.05, 4.69) is 4.98 Å². The molecule has 0 bridgehead atoms. The fraction of sp³-hybridized carbons (Fsp3) is 0.300. The highest BCUT2D eigenvalue weighted by Crippen LogP contribution is 2.28. The van der Waals surface area contributed by atoms with Crippen LogP contribution in [0.2, 0.25) is 0 Å². The number of aryl methyl sites for hydroxylation is 2. The fourth-order valence-electron chi connectivity index (χ4n) is 1.40. The standard InChI is InChI=1S/C10H11NO2/c1-6-5-11-10(12-3)9-8(6)4-7(2)13-9/h4-5H,1-3H3. The molecule has 3 heteroatoms. The van der Waals surface area contributed by atoms with E-state index in [9.17, 15) is 0 Å². The lowest BCUT2D eigenvalue weighted by molar-refractivity contribution is 0.392. The zero-order valence-corrected chi connectivity index (χ0v) is 7.92. The summed E-state index contributed by atoms with van der Waals surface area (Å²) in [6.07, 6.45) is 1.79. The molecule has 0 unspecified atom stereocenters. The van der Waals surface area contributed by atoms with Gasteiger partial charge in [-0.05, 0) is 25.5 Å².